The van der Waals surface area contributed by atoms with E-state index in [-0.39, 0.29) is 19.0 Å². The topological polar surface area (TPSA) is 108 Å². The van der Waals surface area contributed by atoms with Crippen LogP contribution in [0.2, 0.25) is 0 Å². The molecule has 0 radical (unpaired) electrons. The maximum Gasteiger partial charge on any atom is 0.338 e. The predicted molar refractivity (Wildman–Crippen MR) is 94.5 cm³/mol. The maximum atomic E-state index is 12.7. The molecule has 0 fully saturated rings. The summed E-state index contributed by atoms with van der Waals surface area (Å²) in [6.07, 6.45) is 0. The van der Waals surface area contributed by atoms with Gasteiger partial charge in [-0.15, -0.1) is 0 Å². The lowest BCUT2D eigenvalue weighted by atomic mass is 9.95. The van der Waals surface area contributed by atoms with Crippen LogP contribution < -0.4 is 14.8 Å². The van der Waals surface area contributed by atoms with Crippen molar-refractivity contribution in [2.75, 3.05) is 25.1 Å². The Bertz CT molecular complexity index is 920. The Balaban J connectivity index is 1.85. The quantitative estimate of drug-likeness (QED) is 0.776. The first-order valence-corrected chi connectivity index (χ1v) is 8.73. The molecule has 9 nitrogen and oxygen atoms in total. The average molecular weight is 372 g/mol. The number of aliphatic hydroxyl groups is 1. The summed E-state index contributed by atoms with van der Waals surface area (Å²) in [6, 6.07) is 4.94. The summed E-state index contributed by atoms with van der Waals surface area (Å²) in [5.41, 5.74) is 1.83. The van der Waals surface area contributed by atoms with E-state index >= 15 is 0 Å². The van der Waals surface area contributed by atoms with Crippen LogP contribution in [0, 0.1) is 0 Å². The van der Waals surface area contributed by atoms with E-state index in [2.05, 4.69) is 15.4 Å². The Morgan fingerprint density at radius 2 is 2.15 bits per heavy atom. The van der Waals surface area contributed by atoms with Gasteiger partial charge in [0.1, 0.15) is 25.9 Å². The number of aliphatic hydroxyl groups excluding tert-OH is 1. The van der Waals surface area contributed by atoms with Crippen molar-refractivity contribution in [1.29, 1.82) is 0 Å². The van der Waals surface area contributed by atoms with Gasteiger partial charge < -0.3 is 24.6 Å². The summed E-state index contributed by atoms with van der Waals surface area (Å²) in [5, 5.41) is 16.8. The molecule has 27 heavy (non-hydrogen) atoms. The van der Waals surface area contributed by atoms with Gasteiger partial charge >= 0.3 is 5.97 Å². The largest absolute Gasteiger partial charge is 0.486 e. The molecule has 0 bridgehead atoms. The second-order valence-electron chi connectivity index (χ2n) is 6.14. The van der Waals surface area contributed by atoms with Crippen LogP contribution in [0.4, 0.5) is 5.95 Å². The van der Waals surface area contributed by atoms with Crippen LogP contribution in [0.3, 0.4) is 0 Å². The third-order valence-electron chi connectivity index (χ3n) is 4.42. The van der Waals surface area contributed by atoms with Gasteiger partial charge in [-0.2, -0.15) is 10.1 Å². The fourth-order valence-electron chi connectivity index (χ4n) is 3.27. The number of esters is 1. The van der Waals surface area contributed by atoms with E-state index in [1.165, 1.54) is 0 Å². The van der Waals surface area contributed by atoms with Gasteiger partial charge in [-0.3, -0.25) is 0 Å². The standard InChI is InChI=1S/C18H20N4O5/c1-3-25-17(24)15-10(2)19-18-20-14(9-23)21-22(18)16(15)11-4-5-12-13(8-11)27-7-6-26-12/h4-5,8,16,23H,3,6-7,9H2,1-2H3,(H,19,20,21). The lowest BCUT2D eigenvalue weighted by Crippen LogP contribution is -2.30. The molecule has 0 spiro atoms. The maximum absolute atomic E-state index is 12.7. The number of nitrogens with one attached hydrogen (secondary N) is 1. The Morgan fingerprint density at radius 1 is 1.37 bits per heavy atom. The van der Waals surface area contributed by atoms with Gasteiger partial charge in [0, 0.05) is 5.70 Å². The van der Waals surface area contributed by atoms with Gasteiger partial charge in [-0.05, 0) is 31.5 Å². The number of carbonyl (C=O) groups excluding carboxylic acids is 1. The summed E-state index contributed by atoms with van der Waals surface area (Å²) >= 11 is 0. The Hall–Kier alpha value is -3.07. The van der Waals surface area contributed by atoms with Gasteiger partial charge in [0.15, 0.2) is 17.3 Å². The molecule has 2 N–H and O–H groups in total. The zero-order valence-electron chi connectivity index (χ0n) is 15.1. The second-order valence-corrected chi connectivity index (χ2v) is 6.14. The fourth-order valence-corrected chi connectivity index (χ4v) is 3.27. The van der Waals surface area contributed by atoms with Gasteiger partial charge in [0.05, 0.1) is 12.2 Å². The van der Waals surface area contributed by atoms with E-state index in [1.807, 2.05) is 18.2 Å². The lowest BCUT2D eigenvalue weighted by Gasteiger charge is -2.29. The molecular weight excluding hydrogens is 352 g/mol. The van der Waals surface area contributed by atoms with Crippen LogP contribution in [-0.4, -0.2) is 45.7 Å². The monoisotopic (exact) mass is 372 g/mol. The van der Waals surface area contributed by atoms with Crippen LogP contribution in [-0.2, 0) is 16.1 Å². The zero-order chi connectivity index (χ0) is 19.0. The van der Waals surface area contributed by atoms with Crippen LogP contribution in [0.15, 0.2) is 29.5 Å². The summed E-state index contributed by atoms with van der Waals surface area (Å²) in [4.78, 5) is 17.0. The van der Waals surface area contributed by atoms with Crippen LogP contribution in [0.1, 0.15) is 31.3 Å². The summed E-state index contributed by atoms with van der Waals surface area (Å²) < 4.78 is 18.1. The van der Waals surface area contributed by atoms with Gasteiger partial charge in [0.25, 0.3) is 0 Å². The molecule has 3 heterocycles. The van der Waals surface area contributed by atoms with E-state index in [1.54, 1.807) is 18.5 Å². The van der Waals surface area contributed by atoms with Crippen molar-refractivity contribution in [2.45, 2.75) is 26.5 Å². The summed E-state index contributed by atoms with van der Waals surface area (Å²) in [7, 11) is 0. The molecule has 1 atom stereocenters. The molecule has 1 aromatic heterocycles. The second kappa shape index (κ2) is 6.92. The molecule has 0 saturated carbocycles. The number of aromatic nitrogens is 3. The van der Waals surface area contributed by atoms with Gasteiger partial charge in [-0.1, -0.05) is 6.07 Å². The van der Waals surface area contributed by atoms with E-state index in [0.717, 1.165) is 5.56 Å². The van der Waals surface area contributed by atoms with E-state index in [9.17, 15) is 9.90 Å². The van der Waals surface area contributed by atoms with E-state index in [0.29, 0.717) is 41.9 Å². The highest BCUT2D eigenvalue weighted by molar-refractivity contribution is 5.92. The number of allylic oxidation sites excluding steroid dienone is 1. The highest BCUT2D eigenvalue weighted by Gasteiger charge is 2.35. The number of rotatable bonds is 4. The van der Waals surface area contributed by atoms with E-state index in [4.69, 9.17) is 14.2 Å². The van der Waals surface area contributed by atoms with Crippen LogP contribution in [0.5, 0.6) is 11.5 Å². The molecule has 2 aliphatic rings. The first-order valence-electron chi connectivity index (χ1n) is 8.73. The molecular formula is C18H20N4O5. The number of carbonyl (C=O) groups is 1. The SMILES string of the molecule is CCOC(=O)C1=C(C)Nc2nc(CO)nn2C1c1ccc2c(c1)OCCO2. The third kappa shape index (κ3) is 2.99. The molecule has 2 aliphatic heterocycles. The van der Waals surface area contributed by atoms with E-state index < -0.39 is 12.0 Å². The number of ether oxygens (including phenoxy) is 3. The summed E-state index contributed by atoms with van der Waals surface area (Å²) in [6.45, 7) is 4.46. The van der Waals surface area contributed by atoms with Crippen molar-refractivity contribution in [1.82, 2.24) is 14.8 Å². The molecule has 4 rings (SSSR count). The Morgan fingerprint density at radius 3 is 2.89 bits per heavy atom. The molecule has 0 aliphatic carbocycles. The van der Waals surface area contributed by atoms with Crippen molar-refractivity contribution in [3.63, 3.8) is 0 Å². The van der Waals surface area contributed by atoms with Crippen molar-refractivity contribution >= 4 is 11.9 Å². The van der Waals surface area contributed by atoms with Crippen LogP contribution in [0.25, 0.3) is 0 Å². The highest BCUT2D eigenvalue weighted by atomic mass is 16.6. The molecule has 9 heteroatoms. The Labute approximate surface area is 155 Å². The lowest BCUT2D eigenvalue weighted by molar-refractivity contribution is -0.139. The number of anilines is 1. The number of benzene rings is 1. The number of nitrogens with zero attached hydrogens (tertiary/aromatic N) is 3. The average Bonchev–Trinajstić information content (AvgIpc) is 3.09. The number of fused-ring (bicyclic) bond motifs is 2. The number of hydrogen-bond acceptors (Lipinski definition) is 8. The fraction of sp³-hybridized carbons (Fsp3) is 0.389. The smallest absolute Gasteiger partial charge is 0.338 e. The van der Waals surface area contributed by atoms with Gasteiger partial charge in [0.2, 0.25) is 5.95 Å². The molecule has 2 aromatic rings. The third-order valence-corrected chi connectivity index (χ3v) is 4.42. The van der Waals surface area contributed by atoms with Crippen molar-refractivity contribution < 1.29 is 24.1 Å². The minimum absolute atomic E-state index is 0.260. The van der Waals surface area contributed by atoms with Crippen molar-refractivity contribution in [3.8, 4) is 11.5 Å². The molecule has 0 amide bonds. The highest BCUT2D eigenvalue weighted by Crippen LogP contribution is 2.39. The molecule has 1 unspecified atom stereocenters. The van der Waals surface area contributed by atoms with Crippen LogP contribution >= 0.6 is 0 Å². The van der Waals surface area contributed by atoms with Crippen molar-refractivity contribution in [3.05, 3.63) is 40.9 Å². The van der Waals surface area contributed by atoms with Crippen molar-refractivity contribution in [2.24, 2.45) is 0 Å². The molecule has 142 valence electrons. The normalized spacial score (nSPS) is 18.0. The number of hydrogen-bond donors (Lipinski definition) is 2. The summed E-state index contributed by atoms with van der Waals surface area (Å²) in [5.74, 6) is 1.55. The molecule has 1 aromatic carbocycles. The Kier molecular flexibility index (Phi) is 4.44. The molecule has 0 saturated heterocycles. The van der Waals surface area contributed by atoms with Gasteiger partial charge in [-0.25, -0.2) is 9.48 Å². The zero-order valence-corrected chi connectivity index (χ0v) is 15.1. The first-order chi connectivity index (χ1) is 13.1. The minimum Gasteiger partial charge on any atom is -0.486 e. The first kappa shape index (κ1) is 17.3. The predicted octanol–water partition coefficient (Wildman–Crippen LogP) is 1.39. The minimum atomic E-state index is -0.566.